The van der Waals surface area contributed by atoms with Gasteiger partial charge in [0.1, 0.15) is 6.04 Å². The van der Waals surface area contributed by atoms with Gasteiger partial charge in [0.2, 0.25) is 15.9 Å². The van der Waals surface area contributed by atoms with Gasteiger partial charge in [-0.25, -0.2) is 8.42 Å². The average molecular weight is 591 g/mol. The molecule has 1 aliphatic rings. The summed E-state index contributed by atoms with van der Waals surface area (Å²) in [6, 6.07) is 25.3. The van der Waals surface area contributed by atoms with Gasteiger partial charge in [-0.15, -0.1) is 17.9 Å². The number of hydrogen-bond donors (Lipinski definition) is 1. The third-order valence-electron chi connectivity index (χ3n) is 7.09. The zero-order valence-electron chi connectivity index (χ0n) is 21.4. The van der Waals surface area contributed by atoms with Crippen LogP contribution in [-0.2, 0) is 14.8 Å². The van der Waals surface area contributed by atoms with Crippen LogP contribution < -0.4 is 5.32 Å². The lowest BCUT2D eigenvalue weighted by molar-refractivity contribution is -0.124. The summed E-state index contributed by atoms with van der Waals surface area (Å²) in [4.78, 5) is 28.9. The van der Waals surface area contributed by atoms with E-state index in [-0.39, 0.29) is 17.2 Å². The van der Waals surface area contributed by atoms with E-state index in [0.717, 1.165) is 0 Å². The fourth-order valence-corrected chi connectivity index (χ4v) is 8.08. The maximum absolute atomic E-state index is 14.5. The highest BCUT2D eigenvalue weighted by atomic mass is 35.5. The van der Waals surface area contributed by atoms with Crippen LogP contribution in [0.5, 0.6) is 0 Å². The van der Waals surface area contributed by atoms with E-state index in [0.29, 0.717) is 21.0 Å². The summed E-state index contributed by atoms with van der Waals surface area (Å²) >= 11 is 7.50. The standard InChI is InChI=1S/C31H27ClN2O4S2/c1-2-19-33-31(36)29-26(21-15-17-23(32)18-16-21)27(30(35)25-14-9-20-39-25)28(22-10-5-3-6-11-22)34(29)40(37,38)24-12-7-4-8-13-24/h2-18,20,26-29H,1,19H2,(H,33,36). The van der Waals surface area contributed by atoms with E-state index >= 15 is 0 Å². The summed E-state index contributed by atoms with van der Waals surface area (Å²) in [5.41, 5.74) is 1.26. The summed E-state index contributed by atoms with van der Waals surface area (Å²) in [6.07, 6.45) is 1.53. The Morgan fingerprint density at radius 3 is 2.15 bits per heavy atom. The maximum Gasteiger partial charge on any atom is 0.244 e. The Morgan fingerprint density at radius 2 is 1.55 bits per heavy atom. The minimum Gasteiger partial charge on any atom is -0.351 e. The first-order chi connectivity index (χ1) is 19.3. The van der Waals surface area contributed by atoms with E-state index < -0.39 is 39.8 Å². The van der Waals surface area contributed by atoms with E-state index in [2.05, 4.69) is 11.9 Å². The van der Waals surface area contributed by atoms with Gasteiger partial charge in [0.05, 0.1) is 21.7 Å². The van der Waals surface area contributed by atoms with Gasteiger partial charge in [0.25, 0.3) is 0 Å². The fourth-order valence-electron chi connectivity index (χ4n) is 5.42. The van der Waals surface area contributed by atoms with Crippen molar-refractivity contribution in [2.45, 2.75) is 22.9 Å². The smallest absolute Gasteiger partial charge is 0.244 e. The Hall–Kier alpha value is -3.56. The molecule has 6 nitrogen and oxygen atoms in total. The number of halogens is 1. The Morgan fingerprint density at radius 1 is 0.900 bits per heavy atom. The SMILES string of the molecule is C=CCNC(=O)C1C(c2ccc(Cl)cc2)C(C(=O)c2cccs2)C(c2ccccc2)N1S(=O)(=O)c1ccccc1. The second-order valence-electron chi connectivity index (χ2n) is 9.43. The summed E-state index contributed by atoms with van der Waals surface area (Å²) in [6.45, 7) is 3.83. The van der Waals surface area contributed by atoms with Crippen LogP contribution in [0.2, 0.25) is 5.02 Å². The number of hydrogen-bond acceptors (Lipinski definition) is 5. The molecule has 4 atom stereocenters. The maximum atomic E-state index is 14.5. The molecule has 0 saturated carbocycles. The normalized spacial score (nSPS) is 21.1. The highest BCUT2D eigenvalue weighted by Gasteiger charge is 2.59. The molecule has 1 N–H and O–H groups in total. The van der Waals surface area contributed by atoms with Crippen LogP contribution in [0.3, 0.4) is 0 Å². The lowest BCUT2D eigenvalue weighted by Crippen LogP contribution is -2.48. The quantitative estimate of drug-likeness (QED) is 0.189. The number of amides is 1. The van der Waals surface area contributed by atoms with Gasteiger partial charge in [-0.1, -0.05) is 84.4 Å². The molecule has 4 aromatic rings. The van der Waals surface area contributed by atoms with Crippen molar-refractivity contribution in [1.82, 2.24) is 9.62 Å². The van der Waals surface area contributed by atoms with Gasteiger partial charge < -0.3 is 5.32 Å². The van der Waals surface area contributed by atoms with E-state index in [1.807, 2.05) is 11.4 Å². The molecule has 1 aromatic heterocycles. The Bertz CT molecular complexity index is 1590. The molecule has 204 valence electrons. The second-order valence-corrected chi connectivity index (χ2v) is 12.7. The molecule has 3 aromatic carbocycles. The number of carbonyl (C=O) groups is 2. The first-order valence-electron chi connectivity index (χ1n) is 12.7. The zero-order valence-corrected chi connectivity index (χ0v) is 23.8. The van der Waals surface area contributed by atoms with Gasteiger partial charge in [-0.05, 0) is 46.8 Å². The molecule has 1 aliphatic heterocycles. The molecule has 2 heterocycles. The van der Waals surface area contributed by atoms with Crippen LogP contribution in [-0.4, -0.2) is 37.0 Å². The van der Waals surface area contributed by atoms with Crippen molar-refractivity contribution in [2.75, 3.05) is 6.54 Å². The van der Waals surface area contributed by atoms with Crippen molar-refractivity contribution >= 4 is 44.7 Å². The predicted molar refractivity (Wildman–Crippen MR) is 158 cm³/mol. The molecule has 4 unspecified atom stereocenters. The number of nitrogens with zero attached hydrogens (tertiary/aromatic N) is 1. The topological polar surface area (TPSA) is 83.6 Å². The highest BCUT2D eigenvalue weighted by molar-refractivity contribution is 7.89. The largest absolute Gasteiger partial charge is 0.351 e. The molecule has 1 fully saturated rings. The molecular weight excluding hydrogens is 564 g/mol. The summed E-state index contributed by atoms with van der Waals surface area (Å²) < 4.78 is 30.2. The number of ketones is 1. The minimum absolute atomic E-state index is 0.0385. The van der Waals surface area contributed by atoms with Crippen LogP contribution >= 0.6 is 22.9 Å². The number of thiophene rings is 1. The van der Waals surface area contributed by atoms with Crippen molar-refractivity contribution in [3.63, 3.8) is 0 Å². The van der Waals surface area contributed by atoms with Gasteiger partial charge in [-0.3, -0.25) is 9.59 Å². The Kier molecular flexibility index (Phi) is 8.32. The van der Waals surface area contributed by atoms with Crippen molar-refractivity contribution in [2.24, 2.45) is 5.92 Å². The fraction of sp³-hybridized carbons (Fsp3) is 0.161. The Balaban J connectivity index is 1.82. The van der Waals surface area contributed by atoms with Crippen LogP contribution in [0.4, 0.5) is 0 Å². The van der Waals surface area contributed by atoms with Gasteiger partial charge in [0.15, 0.2) is 5.78 Å². The van der Waals surface area contributed by atoms with Crippen LogP contribution in [0.1, 0.15) is 32.8 Å². The summed E-state index contributed by atoms with van der Waals surface area (Å²) in [5.74, 6) is -2.45. The molecule has 1 amide bonds. The van der Waals surface area contributed by atoms with E-state index in [1.165, 1.54) is 33.9 Å². The number of nitrogens with one attached hydrogen (secondary N) is 1. The molecular formula is C31H27ClN2O4S2. The molecule has 1 saturated heterocycles. The number of carbonyl (C=O) groups excluding carboxylic acids is 2. The third-order valence-corrected chi connectivity index (χ3v) is 10.1. The highest BCUT2D eigenvalue weighted by Crippen LogP contribution is 2.53. The minimum atomic E-state index is -4.27. The molecule has 5 rings (SSSR count). The molecule has 0 aliphatic carbocycles. The number of Topliss-reactive ketones (excluding diaryl/α,β-unsaturated/α-hetero) is 1. The monoisotopic (exact) mass is 590 g/mol. The van der Waals surface area contributed by atoms with Crippen molar-refractivity contribution < 1.29 is 18.0 Å². The number of benzene rings is 3. The first kappa shape index (κ1) is 28.0. The van der Waals surface area contributed by atoms with Gasteiger partial charge >= 0.3 is 0 Å². The van der Waals surface area contributed by atoms with E-state index in [1.54, 1.807) is 78.9 Å². The molecule has 0 spiro atoms. The zero-order chi connectivity index (χ0) is 28.3. The first-order valence-corrected chi connectivity index (χ1v) is 15.4. The third kappa shape index (κ3) is 5.28. The number of sulfonamides is 1. The molecule has 40 heavy (non-hydrogen) atoms. The molecule has 0 bridgehead atoms. The van der Waals surface area contributed by atoms with Crippen LogP contribution in [0, 0.1) is 5.92 Å². The molecule has 9 heteroatoms. The van der Waals surface area contributed by atoms with Crippen LogP contribution in [0.25, 0.3) is 0 Å². The van der Waals surface area contributed by atoms with Gasteiger partial charge in [-0.2, -0.15) is 4.31 Å². The van der Waals surface area contributed by atoms with Crippen molar-refractivity contribution in [3.05, 3.63) is 136 Å². The van der Waals surface area contributed by atoms with Crippen molar-refractivity contribution in [1.29, 1.82) is 0 Å². The second kappa shape index (κ2) is 11.9. The summed E-state index contributed by atoms with van der Waals surface area (Å²) in [5, 5.41) is 5.11. The van der Waals surface area contributed by atoms with Crippen LogP contribution in [0.15, 0.2) is 120 Å². The lowest BCUT2D eigenvalue weighted by atomic mass is 9.77. The predicted octanol–water partition coefficient (Wildman–Crippen LogP) is 6.10. The lowest BCUT2D eigenvalue weighted by Gasteiger charge is -2.30. The number of rotatable bonds is 9. The average Bonchev–Trinajstić information content (AvgIpc) is 3.64. The summed E-state index contributed by atoms with van der Waals surface area (Å²) in [7, 11) is -4.27. The van der Waals surface area contributed by atoms with E-state index in [9.17, 15) is 18.0 Å². The Labute approximate surface area is 243 Å². The van der Waals surface area contributed by atoms with Crippen molar-refractivity contribution in [3.8, 4) is 0 Å². The van der Waals surface area contributed by atoms with E-state index in [4.69, 9.17) is 11.6 Å². The van der Waals surface area contributed by atoms with Gasteiger partial charge in [0, 0.05) is 17.5 Å². The molecule has 0 radical (unpaired) electrons.